The maximum absolute atomic E-state index is 5.34. The predicted molar refractivity (Wildman–Crippen MR) is 79.7 cm³/mol. The largest absolute Gasteiger partial charge is 0.378 e. The Balaban J connectivity index is 0.000000637. The normalized spacial score (nSPS) is 14.7. The number of nitrogens with zero attached hydrogens (tertiary/aromatic N) is 3. The molecule has 0 radical (unpaired) electrons. The highest BCUT2D eigenvalue weighted by atomic mass is 32.1. The molecule has 0 saturated carbocycles. The first kappa shape index (κ1) is 14.0. The molecule has 0 unspecified atom stereocenters. The molecule has 102 valence electrons. The summed E-state index contributed by atoms with van der Waals surface area (Å²) in [7, 11) is 0. The van der Waals surface area contributed by atoms with Gasteiger partial charge >= 0.3 is 0 Å². The Labute approximate surface area is 118 Å². The first-order valence-corrected chi connectivity index (χ1v) is 7.51. The van der Waals surface area contributed by atoms with Gasteiger partial charge < -0.3 is 9.64 Å². The van der Waals surface area contributed by atoms with Crippen LogP contribution in [0.1, 0.15) is 13.8 Å². The summed E-state index contributed by atoms with van der Waals surface area (Å²) in [5.74, 6) is 0. The highest BCUT2D eigenvalue weighted by Gasteiger charge is 2.15. The third-order valence-electron chi connectivity index (χ3n) is 2.70. The van der Waals surface area contributed by atoms with Crippen molar-refractivity contribution < 1.29 is 4.74 Å². The van der Waals surface area contributed by atoms with Crippen LogP contribution >= 0.6 is 11.3 Å². The minimum absolute atomic E-state index is 0.790. The molecule has 0 amide bonds. The summed E-state index contributed by atoms with van der Waals surface area (Å²) < 4.78 is 5.34. The molecule has 5 heteroatoms. The molecule has 3 heterocycles. The van der Waals surface area contributed by atoms with Crippen LogP contribution < -0.4 is 4.90 Å². The van der Waals surface area contributed by atoms with Gasteiger partial charge in [0.25, 0.3) is 0 Å². The molecular weight excluding hydrogens is 258 g/mol. The van der Waals surface area contributed by atoms with Crippen molar-refractivity contribution in [2.45, 2.75) is 13.8 Å². The molecule has 1 saturated heterocycles. The summed E-state index contributed by atoms with van der Waals surface area (Å²) in [6.07, 6.45) is 1.79. The molecule has 0 aliphatic carbocycles. The average Bonchev–Trinajstić information content (AvgIpc) is 3.01. The lowest BCUT2D eigenvalue weighted by atomic mass is 10.3. The maximum Gasteiger partial charge on any atom is 0.186 e. The van der Waals surface area contributed by atoms with E-state index in [-0.39, 0.29) is 0 Å². The van der Waals surface area contributed by atoms with E-state index in [0.29, 0.717) is 0 Å². The number of thiazole rings is 1. The first-order valence-electron chi connectivity index (χ1n) is 6.63. The zero-order valence-corrected chi connectivity index (χ0v) is 12.2. The highest BCUT2D eigenvalue weighted by molar-refractivity contribution is 7.14. The van der Waals surface area contributed by atoms with Crippen LogP contribution in [0.4, 0.5) is 5.13 Å². The van der Waals surface area contributed by atoms with Gasteiger partial charge in [0.05, 0.1) is 18.9 Å². The zero-order valence-electron chi connectivity index (χ0n) is 11.4. The second-order valence-corrected chi connectivity index (χ2v) is 4.67. The van der Waals surface area contributed by atoms with Crippen LogP contribution in [0.2, 0.25) is 0 Å². The lowest BCUT2D eigenvalue weighted by Gasteiger charge is -2.25. The number of hydrogen-bond acceptors (Lipinski definition) is 5. The van der Waals surface area contributed by atoms with Gasteiger partial charge in [-0.2, -0.15) is 0 Å². The molecule has 1 fully saturated rings. The molecule has 2 aromatic rings. The Kier molecular flexibility index (Phi) is 5.30. The fourth-order valence-corrected chi connectivity index (χ4v) is 2.67. The van der Waals surface area contributed by atoms with E-state index < -0.39 is 0 Å². The SMILES string of the molecule is CC.c1ccc(-c2csc(N3CCOCC3)n2)nc1. The van der Waals surface area contributed by atoms with E-state index in [0.717, 1.165) is 42.8 Å². The fraction of sp³-hybridized carbons (Fsp3) is 0.429. The zero-order chi connectivity index (χ0) is 13.5. The minimum atomic E-state index is 0.790. The lowest BCUT2D eigenvalue weighted by molar-refractivity contribution is 0.122. The van der Waals surface area contributed by atoms with Crippen molar-refractivity contribution in [1.29, 1.82) is 0 Å². The Hall–Kier alpha value is -1.46. The van der Waals surface area contributed by atoms with Crippen LogP contribution in [0.25, 0.3) is 11.4 Å². The standard InChI is InChI=1S/C12H13N3OS.C2H6/c1-2-4-13-10(3-1)11-9-17-12(14-11)15-5-7-16-8-6-15;1-2/h1-4,9H,5-8H2;1-2H3. The summed E-state index contributed by atoms with van der Waals surface area (Å²) in [6.45, 7) is 7.43. The summed E-state index contributed by atoms with van der Waals surface area (Å²) in [5.41, 5.74) is 1.89. The topological polar surface area (TPSA) is 38.2 Å². The van der Waals surface area contributed by atoms with Crippen molar-refractivity contribution in [3.05, 3.63) is 29.8 Å². The number of ether oxygens (including phenoxy) is 1. The van der Waals surface area contributed by atoms with Crippen LogP contribution in [0.3, 0.4) is 0 Å². The van der Waals surface area contributed by atoms with E-state index in [2.05, 4.69) is 20.2 Å². The van der Waals surface area contributed by atoms with E-state index >= 15 is 0 Å². The molecule has 2 aromatic heterocycles. The smallest absolute Gasteiger partial charge is 0.186 e. The second kappa shape index (κ2) is 7.21. The van der Waals surface area contributed by atoms with Gasteiger partial charge in [-0.3, -0.25) is 4.98 Å². The molecule has 1 aliphatic heterocycles. The minimum Gasteiger partial charge on any atom is -0.378 e. The summed E-state index contributed by atoms with van der Waals surface area (Å²) in [4.78, 5) is 11.2. The summed E-state index contributed by atoms with van der Waals surface area (Å²) in [5, 5.41) is 3.13. The molecule has 0 atom stereocenters. The Morgan fingerprint density at radius 1 is 1.16 bits per heavy atom. The molecule has 0 spiro atoms. The van der Waals surface area contributed by atoms with Gasteiger partial charge in [0.1, 0.15) is 5.69 Å². The Morgan fingerprint density at radius 3 is 2.63 bits per heavy atom. The lowest BCUT2D eigenvalue weighted by Crippen LogP contribution is -2.36. The van der Waals surface area contributed by atoms with Crippen LogP contribution in [-0.4, -0.2) is 36.3 Å². The van der Waals surface area contributed by atoms with Crippen molar-refractivity contribution in [2.75, 3.05) is 31.2 Å². The predicted octanol–water partition coefficient (Wildman–Crippen LogP) is 3.07. The number of anilines is 1. The van der Waals surface area contributed by atoms with Crippen LogP contribution in [0.15, 0.2) is 29.8 Å². The van der Waals surface area contributed by atoms with Gasteiger partial charge in [0.15, 0.2) is 5.13 Å². The van der Waals surface area contributed by atoms with Gasteiger partial charge in [-0.15, -0.1) is 11.3 Å². The number of hydrogen-bond donors (Lipinski definition) is 0. The van der Waals surface area contributed by atoms with Gasteiger partial charge in [0.2, 0.25) is 0 Å². The van der Waals surface area contributed by atoms with Crippen LogP contribution in [-0.2, 0) is 4.74 Å². The van der Waals surface area contributed by atoms with E-state index in [9.17, 15) is 0 Å². The van der Waals surface area contributed by atoms with E-state index in [1.165, 1.54) is 0 Å². The van der Waals surface area contributed by atoms with Crippen LogP contribution in [0.5, 0.6) is 0 Å². The van der Waals surface area contributed by atoms with Crippen molar-refractivity contribution in [2.24, 2.45) is 0 Å². The molecular formula is C14H19N3OS. The maximum atomic E-state index is 5.34. The molecule has 0 N–H and O–H groups in total. The number of aromatic nitrogens is 2. The summed E-state index contributed by atoms with van der Waals surface area (Å²) >= 11 is 1.67. The van der Waals surface area contributed by atoms with Gasteiger partial charge in [-0.1, -0.05) is 19.9 Å². The van der Waals surface area contributed by atoms with Gasteiger partial charge in [0, 0.05) is 24.7 Å². The third kappa shape index (κ3) is 3.52. The van der Waals surface area contributed by atoms with Crippen molar-refractivity contribution >= 4 is 16.5 Å². The second-order valence-electron chi connectivity index (χ2n) is 3.83. The number of morpholine rings is 1. The molecule has 4 nitrogen and oxygen atoms in total. The van der Waals surface area contributed by atoms with E-state index in [1.54, 1.807) is 17.5 Å². The Morgan fingerprint density at radius 2 is 1.95 bits per heavy atom. The molecule has 0 aromatic carbocycles. The van der Waals surface area contributed by atoms with Crippen LogP contribution in [0, 0.1) is 0 Å². The highest BCUT2D eigenvalue weighted by Crippen LogP contribution is 2.26. The molecule has 0 bridgehead atoms. The quantitative estimate of drug-likeness (QED) is 0.845. The molecule has 1 aliphatic rings. The Bertz CT molecular complexity index is 480. The van der Waals surface area contributed by atoms with Crippen molar-refractivity contribution in [1.82, 2.24) is 9.97 Å². The van der Waals surface area contributed by atoms with Gasteiger partial charge in [-0.25, -0.2) is 4.98 Å². The molecule has 19 heavy (non-hydrogen) atoms. The fourth-order valence-electron chi connectivity index (χ4n) is 1.80. The third-order valence-corrected chi connectivity index (χ3v) is 3.60. The van der Waals surface area contributed by atoms with Gasteiger partial charge in [-0.05, 0) is 12.1 Å². The van der Waals surface area contributed by atoms with E-state index in [1.807, 2.05) is 32.0 Å². The van der Waals surface area contributed by atoms with Crippen molar-refractivity contribution in [3.63, 3.8) is 0 Å². The molecule has 3 rings (SSSR count). The monoisotopic (exact) mass is 277 g/mol. The van der Waals surface area contributed by atoms with E-state index in [4.69, 9.17) is 4.74 Å². The number of rotatable bonds is 2. The first-order chi connectivity index (χ1) is 9.43. The summed E-state index contributed by atoms with van der Waals surface area (Å²) in [6, 6.07) is 5.88. The van der Waals surface area contributed by atoms with Crippen molar-refractivity contribution in [3.8, 4) is 11.4 Å². The number of pyridine rings is 1. The average molecular weight is 277 g/mol.